The summed E-state index contributed by atoms with van der Waals surface area (Å²) in [7, 11) is 0. The van der Waals surface area contributed by atoms with Gasteiger partial charge in [0, 0.05) is 17.6 Å². The molecular weight excluding hydrogens is 500 g/mol. The van der Waals surface area contributed by atoms with Gasteiger partial charge in [-0.25, -0.2) is 0 Å². The molecule has 1 aromatic carbocycles. The number of ether oxygens (including phenoxy) is 4. The van der Waals surface area contributed by atoms with Crippen molar-refractivity contribution >= 4 is 0 Å². The third kappa shape index (κ3) is 10.7. The number of aliphatic hydroxyl groups excluding tert-OH is 3. The molecule has 2 saturated heterocycles. The van der Waals surface area contributed by atoms with Gasteiger partial charge in [0.25, 0.3) is 0 Å². The van der Waals surface area contributed by atoms with Crippen molar-refractivity contribution in [2.24, 2.45) is 0 Å². The molecule has 1 aromatic rings. The molecule has 2 fully saturated rings. The van der Waals surface area contributed by atoms with E-state index in [4.69, 9.17) is 18.9 Å². The first-order valence-electron chi connectivity index (χ1n) is 14.1. The molecule has 0 radical (unpaired) electrons. The fourth-order valence-electron chi connectivity index (χ4n) is 5.17. The van der Waals surface area contributed by atoms with E-state index in [-0.39, 0.29) is 42.0 Å². The minimum atomic E-state index is -0.677. The molecule has 8 unspecified atom stereocenters. The summed E-state index contributed by atoms with van der Waals surface area (Å²) in [5, 5.41) is 40.0. The SMILES string of the molecule is C=C/C(O)=C\C(=C)C1OC(C)CC(CC(O)CCCC2CC(CCCC(C)O)OC(c3cccc(O)c3)O2)O1. The Morgan fingerprint density at radius 3 is 2.36 bits per heavy atom. The fraction of sp³-hybridized carbons (Fsp3) is 0.613. The zero-order valence-electron chi connectivity index (χ0n) is 23.3. The molecule has 0 saturated carbocycles. The van der Waals surface area contributed by atoms with Crippen LogP contribution >= 0.6 is 0 Å². The molecule has 0 aliphatic carbocycles. The Balaban J connectivity index is 1.50. The summed E-state index contributed by atoms with van der Waals surface area (Å²) in [5.74, 6) is 0.161. The van der Waals surface area contributed by atoms with Crippen molar-refractivity contribution in [2.45, 2.75) is 121 Å². The van der Waals surface area contributed by atoms with Crippen LogP contribution in [0.15, 0.2) is 60.9 Å². The van der Waals surface area contributed by atoms with Crippen LogP contribution in [0.1, 0.15) is 83.5 Å². The predicted octanol–water partition coefficient (Wildman–Crippen LogP) is 5.74. The second kappa shape index (κ2) is 15.6. The van der Waals surface area contributed by atoms with Gasteiger partial charge in [0.05, 0.1) is 36.6 Å². The maximum Gasteiger partial charge on any atom is 0.184 e. The highest BCUT2D eigenvalue weighted by Gasteiger charge is 2.32. The van der Waals surface area contributed by atoms with Crippen molar-refractivity contribution in [3.8, 4) is 5.75 Å². The van der Waals surface area contributed by atoms with Crippen molar-refractivity contribution in [2.75, 3.05) is 0 Å². The van der Waals surface area contributed by atoms with Crippen molar-refractivity contribution in [3.05, 3.63) is 66.5 Å². The van der Waals surface area contributed by atoms with Crippen molar-refractivity contribution < 1.29 is 39.4 Å². The number of aromatic hydroxyl groups is 1. The van der Waals surface area contributed by atoms with Crippen LogP contribution in [0.3, 0.4) is 0 Å². The number of aliphatic hydroxyl groups is 3. The van der Waals surface area contributed by atoms with Gasteiger partial charge in [0.2, 0.25) is 0 Å². The minimum absolute atomic E-state index is 0.00323. The van der Waals surface area contributed by atoms with Crippen LogP contribution in [-0.2, 0) is 18.9 Å². The van der Waals surface area contributed by atoms with E-state index >= 15 is 0 Å². The average molecular weight is 547 g/mol. The number of phenols is 1. The van der Waals surface area contributed by atoms with Crippen LogP contribution in [0.4, 0.5) is 0 Å². The number of rotatable bonds is 14. The smallest absolute Gasteiger partial charge is 0.184 e. The highest BCUT2D eigenvalue weighted by molar-refractivity contribution is 5.28. The standard InChI is InChI=1S/C31H46O8/c1-5-24(33)15-20(2)30-36-22(4)16-29(39-30)18-26(35)12-8-14-28-19-27(13-6-9-21(3)32)37-31(38-28)23-10-7-11-25(34)17-23/h5,7,10-11,15,17,21-22,26-35H,1-2,6,8-9,12-14,16,18-19H2,3-4H3/b24-15+. The third-order valence-corrected chi connectivity index (χ3v) is 7.16. The Bertz CT molecular complexity index is 944. The zero-order valence-corrected chi connectivity index (χ0v) is 23.3. The molecule has 2 aliphatic heterocycles. The molecule has 8 atom stereocenters. The topological polar surface area (TPSA) is 118 Å². The molecule has 3 rings (SSSR count). The van der Waals surface area contributed by atoms with Crippen LogP contribution < -0.4 is 0 Å². The van der Waals surface area contributed by atoms with Gasteiger partial charge in [-0.05, 0) is 89.5 Å². The quantitative estimate of drug-likeness (QED) is 0.172. The van der Waals surface area contributed by atoms with E-state index in [0.29, 0.717) is 24.8 Å². The summed E-state index contributed by atoms with van der Waals surface area (Å²) in [4.78, 5) is 0. The van der Waals surface area contributed by atoms with E-state index in [1.54, 1.807) is 25.1 Å². The van der Waals surface area contributed by atoms with Gasteiger partial charge < -0.3 is 39.4 Å². The predicted molar refractivity (Wildman–Crippen MR) is 149 cm³/mol. The lowest BCUT2D eigenvalue weighted by Crippen LogP contribution is -2.39. The van der Waals surface area contributed by atoms with Gasteiger partial charge in [0.15, 0.2) is 12.6 Å². The van der Waals surface area contributed by atoms with Gasteiger partial charge in [-0.1, -0.05) is 25.3 Å². The molecule has 2 heterocycles. The molecular formula is C31H46O8. The summed E-state index contributed by atoms with van der Waals surface area (Å²) in [5.41, 5.74) is 1.28. The molecule has 8 nitrogen and oxygen atoms in total. The van der Waals surface area contributed by atoms with E-state index in [0.717, 1.165) is 44.1 Å². The van der Waals surface area contributed by atoms with Crippen LogP contribution in [-0.4, -0.2) is 63.3 Å². The van der Waals surface area contributed by atoms with E-state index < -0.39 is 18.7 Å². The third-order valence-electron chi connectivity index (χ3n) is 7.16. The van der Waals surface area contributed by atoms with Gasteiger partial charge in [0.1, 0.15) is 11.5 Å². The number of phenolic OH excluding ortho intramolecular Hbond substituents is 1. The normalized spacial score (nSPS) is 29.5. The molecule has 0 spiro atoms. The minimum Gasteiger partial charge on any atom is -0.508 e. The average Bonchev–Trinajstić information content (AvgIpc) is 2.88. The maximum atomic E-state index is 10.8. The molecule has 0 amide bonds. The Morgan fingerprint density at radius 2 is 1.72 bits per heavy atom. The highest BCUT2D eigenvalue weighted by atomic mass is 16.7. The summed E-state index contributed by atoms with van der Waals surface area (Å²) >= 11 is 0. The van der Waals surface area contributed by atoms with Crippen LogP contribution in [0.25, 0.3) is 0 Å². The van der Waals surface area contributed by atoms with Gasteiger partial charge in [-0.15, -0.1) is 0 Å². The van der Waals surface area contributed by atoms with E-state index in [1.165, 1.54) is 12.2 Å². The Kier molecular flexibility index (Phi) is 12.5. The number of benzene rings is 1. The molecule has 8 heteroatoms. The summed E-state index contributed by atoms with van der Waals surface area (Å²) in [6, 6.07) is 6.94. The first kappa shape index (κ1) is 31.3. The molecule has 0 bridgehead atoms. The maximum absolute atomic E-state index is 10.8. The van der Waals surface area contributed by atoms with E-state index in [1.807, 2.05) is 13.0 Å². The molecule has 4 N–H and O–H groups in total. The van der Waals surface area contributed by atoms with Gasteiger partial charge >= 0.3 is 0 Å². The molecule has 218 valence electrons. The van der Waals surface area contributed by atoms with Gasteiger partial charge in [-0.2, -0.15) is 0 Å². The Hall–Kier alpha value is -2.20. The van der Waals surface area contributed by atoms with Crippen molar-refractivity contribution in [3.63, 3.8) is 0 Å². The molecule has 2 aliphatic rings. The fourth-order valence-corrected chi connectivity index (χ4v) is 5.17. The lowest BCUT2D eigenvalue weighted by atomic mass is 9.96. The van der Waals surface area contributed by atoms with Gasteiger partial charge in [-0.3, -0.25) is 0 Å². The Morgan fingerprint density at radius 1 is 1.03 bits per heavy atom. The van der Waals surface area contributed by atoms with Crippen LogP contribution in [0.2, 0.25) is 0 Å². The summed E-state index contributed by atoms with van der Waals surface area (Å²) in [6.07, 6.45) is 6.89. The first-order chi connectivity index (χ1) is 18.6. The summed E-state index contributed by atoms with van der Waals surface area (Å²) < 4.78 is 24.3. The number of hydrogen-bond acceptors (Lipinski definition) is 8. The number of hydrogen-bond donors (Lipinski definition) is 4. The van der Waals surface area contributed by atoms with E-state index in [9.17, 15) is 20.4 Å². The van der Waals surface area contributed by atoms with Crippen LogP contribution in [0, 0.1) is 0 Å². The monoisotopic (exact) mass is 546 g/mol. The summed E-state index contributed by atoms with van der Waals surface area (Å²) in [6.45, 7) is 11.2. The first-order valence-corrected chi connectivity index (χ1v) is 14.1. The molecule has 0 aromatic heterocycles. The van der Waals surface area contributed by atoms with Crippen molar-refractivity contribution in [1.82, 2.24) is 0 Å². The second-order valence-corrected chi connectivity index (χ2v) is 10.9. The Labute approximate surface area is 232 Å². The van der Waals surface area contributed by atoms with E-state index in [2.05, 4.69) is 13.2 Å². The largest absolute Gasteiger partial charge is 0.508 e. The lowest BCUT2D eigenvalue weighted by Gasteiger charge is -2.37. The highest BCUT2D eigenvalue weighted by Crippen LogP contribution is 2.35. The number of allylic oxidation sites excluding steroid dienone is 1. The van der Waals surface area contributed by atoms with Crippen molar-refractivity contribution in [1.29, 1.82) is 0 Å². The lowest BCUT2D eigenvalue weighted by molar-refractivity contribution is -0.250. The molecule has 39 heavy (non-hydrogen) atoms. The second-order valence-electron chi connectivity index (χ2n) is 10.9. The zero-order chi connectivity index (χ0) is 28.4. The van der Waals surface area contributed by atoms with Crippen LogP contribution in [0.5, 0.6) is 5.75 Å².